The molecule has 1 aliphatic rings. The quantitative estimate of drug-likeness (QED) is 0.830. The van der Waals surface area contributed by atoms with Gasteiger partial charge in [0.1, 0.15) is 11.6 Å². The number of rotatable bonds is 6. The van der Waals surface area contributed by atoms with Gasteiger partial charge in [0.05, 0.1) is 13.2 Å². The van der Waals surface area contributed by atoms with Crippen molar-refractivity contribution in [2.45, 2.75) is 19.6 Å². The average molecular weight is 360 g/mol. The van der Waals surface area contributed by atoms with Crippen molar-refractivity contribution in [3.05, 3.63) is 58.9 Å². The fourth-order valence-electron chi connectivity index (χ4n) is 2.83. The highest BCUT2D eigenvalue weighted by atomic mass is 19.1. The van der Waals surface area contributed by atoms with Crippen molar-refractivity contribution in [1.82, 2.24) is 5.32 Å². The number of benzene rings is 2. The molecule has 2 aromatic rings. The first-order valence-corrected chi connectivity index (χ1v) is 8.30. The molecule has 26 heavy (non-hydrogen) atoms. The van der Waals surface area contributed by atoms with Gasteiger partial charge in [-0.05, 0) is 41.8 Å². The SMILES string of the molecule is COCc1cccc(NC(=O)NCCc2cc(F)cc3c2OCOC3)c1. The second-order valence-corrected chi connectivity index (χ2v) is 5.93. The van der Waals surface area contributed by atoms with E-state index in [1.807, 2.05) is 18.2 Å². The van der Waals surface area contributed by atoms with Crippen molar-refractivity contribution in [1.29, 1.82) is 0 Å². The van der Waals surface area contributed by atoms with E-state index in [0.717, 1.165) is 5.56 Å². The van der Waals surface area contributed by atoms with Crippen LogP contribution in [0.4, 0.5) is 14.9 Å². The number of hydrogen-bond acceptors (Lipinski definition) is 4. The van der Waals surface area contributed by atoms with E-state index in [-0.39, 0.29) is 18.6 Å². The average Bonchev–Trinajstić information content (AvgIpc) is 2.62. The molecule has 2 amide bonds. The normalized spacial score (nSPS) is 12.8. The number of amides is 2. The van der Waals surface area contributed by atoms with E-state index in [2.05, 4.69) is 10.6 Å². The van der Waals surface area contributed by atoms with Crippen LogP contribution in [-0.2, 0) is 29.1 Å². The molecule has 0 bridgehead atoms. The van der Waals surface area contributed by atoms with E-state index >= 15 is 0 Å². The first-order valence-electron chi connectivity index (χ1n) is 8.30. The van der Waals surface area contributed by atoms with Crippen molar-refractivity contribution in [2.24, 2.45) is 0 Å². The monoisotopic (exact) mass is 360 g/mol. The smallest absolute Gasteiger partial charge is 0.319 e. The molecule has 0 aromatic heterocycles. The second kappa shape index (κ2) is 8.64. The second-order valence-electron chi connectivity index (χ2n) is 5.93. The predicted molar refractivity (Wildman–Crippen MR) is 94.6 cm³/mol. The lowest BCUT2D eigenvalue weighted by Gasteiger charge is -2.21. The molecule has 0 radical (unpaired) electrons. The Bertz CT molecular complexity index is 782. The summed E-state index contributed by atoms with van der Waals surface area (Å²) in [6, 6.07) is 9.93. The third-order valence-corrected chi connectivity index (χ3v) is 3.93. The number of carbonyl (C=O) groups excluding carboxylic acids is 1. The van der Waals surface area contributed by atoms with E-state index in [1.54, 1.807) is 13.2 Å². The molecule has 2 aromatic carbocycles. The van der Waals surface area contributed by atoms with Gasteiger partial charge in [-0.2, -0.15) is 0 Å². The molecule has 1 heterocycles. The van der Waals surface area contributed by atoms with Crippen LogP contribution in [0.25, 0.3) is 0 Å². The highest BCUT2D eigenvalue weighted by molar-refractivity contribution is 5.89. The van der Waals surface area contributed by atoms with Gasteiger partial charge >= 0.3 is 6.03 Å². The van der Waals surface area contributed by atoms with Gasteiger partial charge in [0.15, 0.2) is 6.79 Å². The molecule has 0 atom stereocenters. The highest BCUT2D eigenvalue weighted by Gasteiger charge is 2.16. The van der Waals surface area contributed by atoms with Crippen LogP contribution in [0.2, 0.25) is 0 Å². The summed E-state index contributed by atoms with van der Waals surface area (Å²) >= 11 is 0. The number of urea groups is 1. The number of methoxy groups -OCH3 is 1. The van der Waals surface area contributed by atoms with Crippen molar-refractivity contribution in [3.63, 3.8) is 0 Å². The number of nitrogens with one attached hydrogen (secondary N) is 2. The minimum absolute atomic E-state index is 0.150. The Morgan fingerprint density at radius 1 is 1.31 bits per heavy atom. The van der Waals surface area contributed by atoms with Crippen LogP contribution in [-0.4, -0.2) is 26.5 Å². The first-order chi connectivity index (χ1) is 12.7. The van der Waals surface area contributed by atoms with Gasteiger partial charge in [0, 0.05) is 24.9 Å². The standard InChI is InChI=1S/C19H21FN2O4/c1-24-10-13-3-2-4-17(7-13)22-19(23)21-6-5-14-8-16(20)9-15-11-25-12-26-18(14)15/h2-4,7-9H,5-6,10-12H2,1H3,(H2,21,22,23). The molecular weight excluding hydrogens is 339 g/mol. The Balaban J connectivity index is 1.54. The van der Waals surface area contributed by atoms with Crippen LogP contribution in [0.1, 0.15) is 16.7 Å². The summed E-state index contributed by atoms with van der Waals surface area (Å²) in [6.45, 7) is 1.30. The number of halogens is 1. The number of hydrogen-bond donors (Lipinski definition) is 2. The minimum Gasteiger partial charge on any atom is -0.467 e. The third-order valence-electron chi connectivity index (χ3n) is 3.93. The zero-order valence-electron chi connectivity index (χ0n) is 14.5. The minimum atomic E-state index is -0.341. The molecule has 3 rings (SSSR count). The van der Waals surface area contributed by atoms with E-state index in [4.69, 9.17) is 14.2 Å². The Morgan fingerprint density at radius 2 is 2.19 bits per heavy atom. The zero-order chi connectivity index (χ0) is 18.4. The largest absolute Gasteiger partial charge is 0.467 e. The topological polar surface area (TPSA) is 68.8 Å². The van der Waals surface area contributed by atoms with Gasteiger partial charge in [-0.25, -0.2) is 9.18 Å². The molecule has 0 spiro atoms. The van der Waals surface area contributed by atoms with Crippen LogP contribution in [0.3, 0.4) is 0 Å². The number of anilines is 1. The van der Waals surface area contributed by atoms with Crippen LogP contribution >= 0.6 is 0 Å². The van der Waals surface area contributed by atoms with Gasteiger partial charge in [-0.1, -0.05) is 12.1 Å². The number of fused-ring (bicyclic) bond motifs is 1. The number of carbonyl (C=O) groups is 1. The lowest BCUT2D eigenvalue weighted by Crippen LogP contribution is -2.30. The van der Waals surface area contributed by atoms with Gasteiger partial charge in [-0.15, -0.1) is 0 Å². The third kappa shape index (κ3) is 4.71. The summed E-state index contributed by atoms with van der Waals surface area (Å²) in [6.07, 6.45) is 0.456. The van der Waals surface area contributed by atoms with Crippen molar-refractivity contribution in [3.8, 4) is 5.75 Å². The summed E-state index contributed by atoms with van der Waals surface area (Å²) in [7, 11) is 1.62. The lowest BCUT2D eigenvalue weighted by atomic mass is 10.1. The molecule has 0 saturated carbocycles. The Kier molecular flexibility index (Phi) is 6.04. The molecule has 0 fully saturated rings. The summed E-state index contributed by atoms with van der Waals surface area (Å²) in [5.74, 6) is 0.305. The highest BCUT2D eigenvalue weighted by Crippen LogP contribution is 2.29. The molecule has 0 saturated heterocycles. The van der Waals surface area contributed by atoms with Crippen LogP contribution in [0, 0.1) is 5.82 Å². The maximum absolute atomic E-state index is 13.7. The predicted octanol–water partition coefficient (Wildman–Crippen LogP) is 3.20. The lowest BCUT2D eigenvalue weighted by molar-refractivity contribution is -0.0172. The molecule has 0 unspecified atom stereocenters. The summed E-state index contributed by atoms with van der Waals surface area (Å²) in [5.41, 5.74) is 3.05. The zero-order valence-corrected chi connectivity index (χ0v) is 14.5. The van der Waals surface area contributed by atoms with Crippen LogP contribution in [0.5, 0.6) is 5.75 Å². The Labute approximate surface area is 151 Å². The van der Waals surface area contributed by atoms with E-state index < -0.39 is 0 Å². The van der Waals surface area contributed by atoms with Crippen LogP contribution < -0.4 is 15.4 Å². The molecule has 138 valence electrons. The van der Waals surface area contributed by atoms with Gasteiger partial charge in [0.2, 0.25) is 0 Å². The molecule has 2 N–H and O–H groups in total. The molecule has 6 nitrogen and oxygen atoms in total. The maximum atomic E-state index is 13.7. The molecular formula is C19H21FN2O4. The molecule has 0 aliphatic carbocycles. The number of ether oxygens (including phenoxy) is 3. The first kappa shape index (κ1) is 18.2. The van der Waals surface area contributed by atoms with E-state index in [9.17, 15) is 9.18 Å². The Morgan fingerprint density at radius 3 is 3.04 bits per heavy atom. The van der Waals surface area contributed by atoms with Gasteiger partial charge in [-0.3, -0.25) is 0 Å². The summed E-state index contributed by atoms with van der Waals surface area (Å²) < 4.78 is 29.4. The van der Waals surface area contributed by atoms with Crippen molar-refractivity contribution < 1.29 is 23.4 Å². The fraction of sp³-hybridized carbons (Fsp3) is 0.316. The summed E-state index contributed by atoms with van der Waals surface area (Å²) in [4.78, 5) is 12.0. The maximum Gasteiger partial charge on any atom is 0.319 e. The fourth-order valence-corrected chi connectivity index (χ4v) is 2.83. The Hall–Kier alpha value is -2.64. The molecule has 7 heteroatoms. The van der Waals surface area contributed by atoms with Crippen molar-refractivity contribution in [2.75, 3.05) is 25.8 Å². The van der Waals surface area contributed by atoms with Gasteiger partial charge < -0.3 is 24.8 Å². The summed E-state index contributed by atoms with van der Waals surface area (Å²) in [5, 5.41) is 5.54. The van der Waals surface area contributed by atoms with Gasteiger partial charge in [0.25, 0.3) is 0 Å². The van der Waals surface area contributed by atoms with E-state index in [0.29, 0.717) is 48.7 Å². The molecule has 1 aliphatic heterocycles. The van der Waals surface area contributed by atoms with Crippen LogP contribution in [0.15, 0.2) is 36.4 Å². The van der Waals surface area contributed by atoms with Crippen molar-refractivity contribution >= 4 is 11.7 Å². The van der Waals surface area contributed by atoms with E-state index in [1.165, 1.54) is 12.1 Å².